The molecule has 0 saturated heterocycles. The van der Waals surface area contributed by atoms with E-state index in [2.05, 4.69) is 4.37 Å². The van der Waals surface area contributed by atoms with Crippen LogP contribution in [-0.4, -0.2) is 42.7 Å². The number of nitrogen functional groups attached to an aromatic ring is 1. The molecule has 16 heavy (non-hydrogen) atoms. The Morgan fingerprint density at radius 2 is 2.31 bits per heavy atom. The fourth-order valence-corrected chi connectivity index (χ4v) is 2.06. The lowest BCUT2D eigenvalue weighted by Gasteiger charge is -2.21. The molecule has 1 heterocycles. The Morgan fingerprint density at radius 1 is 1.62 bits per heavy atom. The molecule has 0 saturated carbocycles. The first-order valence-corrected chi connectivity index (χ1v) is 5.30. The molecule has 0 spiro atoms. The van der Waals surface area contributed by atoms with Crippen LogP contribution in [0.15, 0.2) is 0 Å². The fourth-order valence-electron chi connectivity index (χ4n) is 1.24. The van der Waals surface area contributed by atoms with Crippen LogP contribution in [0.3, 0.4) is 0 Å². The van der Waals surface area contributed by atoms with Crippen molar-refractivity contribution < 1.29 is 18.6 Å². The van der Waals surface area contributed by atoms with Gasteiger partial charge < -0.3 is 20.5 Å². The Kier molecular flexibility index (Phi) is 4.69. The van der Waals surface area contributed by atoms with Crippen molar-refractivity contribution in [3.8, 4) is 5.75 Å². The monoisotopic (exact) mass is 253 g/mol. The third kappa shape index (κ3) is 2.92. The predicted octanol–water partition coefficient (Wildman–Crippen LogP) is 0.798. The van der Waals surface area contributed by atoms with Crippen molar-refractivity contribution in [1.82, 2.24) is 4.37 Å². The van der Waals surface area contributed by atoms with E-state index in [0.717, 1.165) is 11.5 Å². The maximum Gasteiger partial charge on any atom is 0.255 e. The number of ether oxygens (including phenoxy) is 1. The molecule has 0 fully saturated rings. The molecule has 0 aliphatic rings. The number of halogens is 2. The number of hydrogen-bond donors (Lipinski definition) is 2. The number of aliphatic hydroxyl groups excluding tert-OH is 1. The molecule has 5 nitrogen and oxygen atoms in total. The van der Waals surface area contributed by atoms with Gasteiger partial charge in [-0.1, -0.05) is 0 Å². The van der Waals surface area contributed by atoms with Gasteiger partial charge in [-0.2, -0.15) is 4.37 Å². The summed E-state index contributed by atoms with van der Waals surface area (Å²) in [6.07, 6.45) is -2.50. The quantitative estimate of drug-likeness (QED) is 0.784. The van der Waals surface area contributed by atoms with Gasteiger partial charge in [0.05, 0.1) is 20.3 Å². The SMILES string of the molecule is COc1c(N)nsc1N(CCO)CC(F)F. The van der Waals surface area contributed by atoms with Crippen LogP contribution >= 0.6 is 11.5 Å². The number of nitrogens with two attached hydrogens (primary N) is 1. The number of aromatic nitrogens is 1. The lowest BCUT2D eigenvalue weighted by molar-refractivity contribution is 0.153. The Balaban J connectivity index is 2.91. The molecule has 0 bridgehead atoms. The van der Waals surface area contributed by atoms with Crippen molar-refractivity contribution in [2.75, 3.05) is 37.4 Å². The summed E-state index contributed by atoms with van der Waals surface area (Å²) in [4.78, 5) is 1.30. The molecule has 0 unspecified atom stereocenters. The summed E-state index contributed by atoms with van der Waals surface area (Å²) in [5.74, 6) is 0.443. The first kappa shape index (κ1) is 12.9. The van der Waals surface area contributed by atoms with Crippen molar-refractivity contribution in [3.63, 3.8) is 0 Å². The molecule has 1 aromatic rings. The van der Waals surface area contributed by atoms with Crippen molar-refractivity contribution in [2.45, 2.75) is 6.43 Å². The minimum atomic E-state index is -2.50. The number of alkyl halides is 2. The molecule has 8 heteroatoms. The van der Waals surface area contributed by atoms with Gasteiger partial charge in [-0.15, -0.1) is 0 Å². The highest BCUT2D eigenvalue weighted by Gasteiger charge is 2.21. The van der Waals surface area contributed by atoms with Gasteiger partial charge in [0.15, 0.2) is 16.6 Å². The average Bonchev–Trinajstić information content (AvgIpc) is 2.58. The van der Waals surface area contributed by atoms with Gasteiger partial charge in [-0.05, 0) is 11.5 Å². The minimum absolute atomic E-state index is 0.0856. The topological polar surface area (TPSA) is 71.6 Å². The normalized spacial score (nSPS) is 10.8. The molecule has 0 amide bonds. The standard InChI is InChI=1S/C8H13F2N3O2S/c1-15-6-7(11)12-16-8(6)13(2-3-14)4-5(9)10/h5,14H,2-4H2,1H3,(H2,11,12). The number of nitrogens with zero attached hydrogens (tertiary/aromatic N) is 2. The zero-order chi connectivity index (χ0) is 12.1. The van der Waals surface area contributed by atoms with Gasteiger partial charge in [0.25, 0.3) is 6.43 Å². The third-order valence-corrected chi connectivity index (χ3v) is 2.78. The Bertz CT molecular complexity index is 335. The second kappa shape index (κ2) is 5.80. The molecule has 1 aromatic heterocycles. The molecule has 92 valence electrons. The van der Waals surface area contributed by atoms with Crippen molar-refractivity contribution >= 4 is 22.4 Å². The summed E-state index contributed by atoms with van der Waals surface area (Å²) in [6.45, 7) is -0.630. The average molecular weight is 253 g/mol. The number of anilines is 2. The van der Waals surface area contributed by atoms with E-state index in [9.17, 15) is 8.78 Å². The Morgan fingerprint density at radius 3 is 2.81 bits per heavy atom. The summed E-state index contributed by atoms with van der Waals surface area (Å²) >= 11 is 0.972. The van der Waals surface area contributed by atoms with Crippen LogP contribution < -0.4 is 15.4 Å². The molecule has 0 aliphatic carbocycles. The second-order valence-corrected chi connectivity index (χ2v) is 3.72. The Labute approximate surface area is 95.6 Å². The largest absolute Gasteiger partial charge is 0.490 e. The first-order chi connectivity index (χ1) is 7.60. The van der Waals surface area contributed by atoms with Crippen LogP contribution in [0.5, 0.6) is 5.75 Å². The van der Waals surface area contributed by atoms with Crippen LogP contribution in [0.2, 0.25) is 0 Å². The van der Waals surface area contributed by atoms with Gasteiger partial charge >= 0.3 is 0 Å². The van der Waals surface area contributed by atoms with E-state index in [-0.39, 0.29) is 24.7 Å². The summed E-state index contributed by atoms with van der Waals surface area (Å²) in [5, 5.41) is 9.22. The van der Waals surface area contributed by atoms with E-state index >= 15 is 0 Å². The van der Waals surface area contributed by atoms with Gasteiger partial charge in [0.1, 0.15) is 0 Å². The van der Waals surface area contributed by atoms with E-state index in [1.165, 1.54) is 12.0 Å². The van der Waals surface area contributed by atoms with Gasteiger partial charge in [0, 0.05) is 6.54 Å². The summed E-state index contributed by atoms with van der Waals surface area (Å²) < 4.78 is 33.5. The zero-order valence-electron chi connectivity index (χ0n) is 8.69. The van der Waals surface area contributed by atoms with Crippen LogP contribution in [-0.2, 0) is 0 Å². The second-order valence-electron chi connectivity index (χ2n) is 2.97. The predicted molar refractivity (Wildman–Crippen MR) is 58.4 cm³/mol. The third-order valence-electron chi connectivity index (χ3n) is 1.88. The lowest BCUT2D eigenvalue weighted by atomic mass is 10.4. The van der Waals surface area contributed by atoms with Gasteiger partial charge in [-0.25, -0.2) is 8.78 Å². The highest BCUT2D eigenvalue weighted by atomic mass is 32.1. The van der Waals surface area contributed by atoms with E-state index in [1.54, 1.807) is 0 Å². The number of hydrogen-bond acceptors (Lipinski definition) is 6. The summed E-state index contributed by atoms with van der Waals surface area (Å²) in [5.41, 5.74) is 5.51. The van der Waals surface area contributed by atoms with E-state index < -0.39 is 13.0 Å². The smallest absolute Gasteiger partial charge is 0.255 e. The maximum absolute atomic E-state index is 12.3. The molecular weight excluding hydrogens is 240 g/mol. The molecule has 3 N–H and O–H groups in total. The summed E-state index contributed by atoms with van der Waals surface area (Å²) in [7, 11) is 1.39. The zero-order valence-corrected chi connectivity index (χ0v) is 9.51. The number of aliphatic hydroxyl groups is 1. The van der Waals surface area contributed by atoms with Crippen molar-refractivity contribution in [1.29, 1.82) is 0 Å². The fraction of sp³-hybridized carbons (Fsp3) is 0.625. The molecule has 0 aliphatic heterocycles. The van der Waals surface area contributed by atoms with Crippen LogP contribution in [0.1, 0.15) is 0 Å². The highest BCUT2D eigenvalue weighted by molar-refractivity contribution is 7.11. The molecular formula is C8H13F2N3O2S. The lowest BCUT2D eigenvalue weighted by Crippen LogP contribution is -2.31. The molecule has 0 aromatic carbocycles. The van der Waals surface area contributed by atoms with Crippen LogP contribution in [0.4, 0.5) is 19.6 Å². The Hall–Kier alpha value is -1.15. The van der Waals surface area contributed by atoms with E-state index in [1.807, 2.05) is 0 Å². The van der Waals surface area contributed by atoms with Gasteiger partial charge in [0.2, 0.25) is 0 Å². The highest BCUT2D eigenvalue weighted by Crippen LogP contribution is 2.37. The molecule has 0 radical (unpaired) electrons. The number of rotatable bonds is 6. The minimum Gasteiger partial charge on any atom is -0.490 e. The molecule has 0 atom stereocenters. The van der Waals surface area contributed by atoms with Crippen molar-refractivity contribution in [3.05, 3.63) is 0 Å². The van der Waals surface area contributed by atoms with Crippen LogP contribution in [0, 0.1) is 0 Å². The first-order valence-electron chi connectivity index (χ1n) is 4.53. The van der Waals surface area contributed by atoms with Crippen LogP contribution in [0.25, 0.3) is 0 Å². The van der Waals surface area contributed by atoms with E-state index in [0.29, 0.717) is 5.00 Å². The maximum atomic E-state index is 12.3. The summed E-state index contributed by atoms with van der Waals surface area (Å²) in [6, 6.07) is 0. The van der Waals surface area contributed by atoms with E-state index in [4.69, 9.17) is 15.6 Å². The van der Waals surface area contributed by atoms with Gasteiger partial charge in [-0.3, -0.25) is 0 Å². The van der Waals surface area contributed by atoms with Crippen molar-refractivity contribution in [2.24, 2.45) is 0 Å². The number of methoxy groups -OCH3 is 1. The molecule has 1 rings (SSSR count).